The first-order valence-corrected chi connectivity index (χ1v) is 10.2. The molecule has 14 heteroatoms. The van der Waals surface area contributed by atoms with E-state index in [1.807, 2.05) is 13.8 Å². The van der Waals surface area contributed by atoms with E-state index in [1.54, 1.807) is 0 Å². The van der Waals surface area contributed by atoms with E-state index in [1.165, 1.54) is 10.7 Å². The number of sulfonamides is 1. The van der Waals surface area contributed by atoms with E-state index in [-0.39, 0.29) is 27.7 Å². The van der Waals surface area contributed by atoms with Crippen molar-refractivity contribution in [2.24, 2.45) is 0 Å². The van der Waals surface area contributed by atoms with Crippen molar-refractivity contribution in [1.82, 2.24) is 23.9 Å². The summed E-state index contributed by atoms with van der Waals surface area (Å²) in [5.41, 5.74) is -4.92. The van der Waals surface area contributed by atoms with Crippen molar-refractivity contribution < 1.29 is 26.7 Å². The van der Waals surface area contributed by atoms with Gasteiger partial charge in [-0.25, -0.2) is 22.9 Å². The Morgan fingerprint density at radius 2 is 2.07 bits per heavy atom. The molecule has 0 radical (unpaired) electrons. The van der Waals surface area contributed by atoms with Crippen LogP contribution in [0.25, 0.3) is 5.52 Å². The highest BCUT2D eigenvalue weighted by Crippen LogP contribution is 2.29. The van der Waals surface area contributed by atoms with Crippen LogP contribution < -0.4 is 5.32 Å². The second kappa shape index (κ2) is 7.28. The third-order valence-corrected chi connectivity index (χ3v) is 6.26. The monoisotopic (exact) mass is 442 g/mol. The molecule has 2 aromatic rings. The molecule has 0 bridgehead atoms. The number of rotatable bonds is 4. The van der Waals surface area contributed by atoms with Gasteiger partial charge in [-0.15, -0.1) is 5.10 Å². The van der Waals surface area contributed by atoms with Crippen molar-refractivity contribution in [1.29, 1.82) is 0 Å². The maximum Gasteiger partial charge on any atom is 0.511 e. The third kappa shape index (κ3) is 3.75. The Bertz CT molecular complexity index is 981. The molecule has 0 aliphatic carbocycles. The average molecular weight is 443 g/mol. The van der Waals surface area contributed by atoms with Crippen LogP contribution in [0.5, 0.6) is 0 Å². The summed E-state index contributed by atoms with van der Waals surface area (Å²) in [4.78, 5) is 8.31. The smallest absolute Gasteiger partial charge is 0.390 e. The molecule has 0 spiro atoms. The van der Waals surface area contributed by atoms with Crippen LogP contribution in [0.1, 0.15) is 32.0 Å². The highest BCUT2D eigenvalue weighted by Gasteiger charge is 2.51. The number of anilines is 1. The van der Waals surface area contributed by atoms with E-state index in [2.05, 4.69) is 20.4 Å². The van der Waals surface area contributed by atoms with Gasteiger partial charge < -0.3 is 10.4 Å². The van der Waals surface area contributed by atoms with Crippen molar-refractivity contribution in [3.63, 3.8) is 0 Å². The summed E-state index contributed by atoms with van der Waals surface area (Å²) in [6.07, 6.45) is 0.00675. The average Bonchev–Trinajstić information content (AvgIpc) is 2.92. The number of imidazole rings is 1. The van der Waals surface area contributed by atoms with Gasteiger partial charge in [0.05, 0.1) is 18.3 Å². The molecule has 28 heavy (non-hydrogen) atoms. The number of aliphatic hydroxyl groups is 1. The fourth-order valence-electron chi connectivity index (χ4n) is 2.91. The SMILES string of the molecule is CC(C)c1nc(Cl)c2cnc(N[C@@H]3CCN(S(=O)(=O)C(F)(F)F)C[C@H]3O)nn12. The molecule has 0 saturated carbocycles. The minimum atomic E-state index is -5.48. The van der Waals surface area contributed by atoms with Gasteiger partial charge in [0.1, 0.15) is 11.3 Å². The second-order valence-electron chi connectivity index (χ2n) is 6.71. The van der Waals surface area contributed by atoms with E-state index < -0.39 is 40.8 Å². The molecular formula is C14H18ClF3N6O3S. The standard InChI is InChI=1S/C14H18ClF3N6O3S/c1-7(2)12-21-11(15)9-5-19-13(22-24(9)12)20-8-3-4-23(6-10(8)25)28(26,27)14(16,17)18/h5,7-8,10,25H,3-4,6H2,1-2H3,(H,20,22)/t8-,10-/m1/s1. The fraction of sp³-hybridized carbons (Fsp3) is 0.643. The molecular weight excluding hydrogens is 425 g/mol. The predicted molar refractivity (Wildman–Crippen MR) is 94.5 cm³/mol. The number of nitrogens with one attached hydrogen (secondary N) is 1. The second-order valence-corrected chi connectivity index (χ2v) is 9.00. The molecule has 0 aromatic carbocycles. The topological polar surface area (TPSA) is 113 Å². The van der Waals surface area contributed by atoms with Crippen LogP contribution in [0.15, 0.2) is 6.20 Å². The van der Waals surface area contributed by atoms with Crippen molar-refractivity contribution in [3.05, 3.63) is 17.2 Å². The number of halogens is 4. The number of fused-ring (bicyclic) bond motifs is 1. The van der Waals surface area contributed by atoms with Crippen LogP contribution in [0.4, 0.5) is 19.1 Å². The van der Waals surface area contributed by atoms with E-state index in [0.717, 1.165) is 0 Å². The molecule has 1 saturated heterocycles. The zero-order chi connectivity index (χ0) is 20.9. The lowest BCUT2D eigenvalue weighted by Gasteiger charge is -2.35. The number of hydrogen-bond acceptors (Lipinski definition) is 7. The number of aliphatic hydroxyl groups excluding tert-OH is 1. The molecule has 2 N–H and O–H groups in total. The molecule has 1 aliphatic rings. The van der Waals surface area contributed by atoms with Gasteiger partial charge >= 0.3 is 15.5 Å². The summed E-state index contributed by atoms with van der Waals surface area (Å²) < 4.78 is 62.7. The summed E-state index contributed by atoms with van der Waals surface area (Å²) in [5.74, 6) is 0.723. The Balaban J connectivity index is 1.77. The molecule has 0 unspecified atom stereocenters. The quantitative estimate of drug-likeness (QED) is 0.739. The molecule has 1 aliphatic heterocycles. The van der Waals surface area contributed by atoms with Crippen LogP contribution >= 0.6 is 11.6 Å². The molecule has 3 rings (SSSR count). The van der Waals surface area contributed by atoms with Gasteiger partial charge in [-0.2, -0.15) is 17.5 Å². The number of aromatic nitrogens is 4. The van der Waals surface area contributed by atoms with Crippen molar-refractivity contribution in [2.75, 3.05) is 18.4 Å². The maximum atomic E-state index is 12.7. The van der Waals surface area contributed by atoms with Gasteiger partial charge in [-0.05, 0) is 6.42 Å². The Morgan fingerprint density at radius 3 is 2.64 bits per heavy atom. The molecule has 156 valence electrons. The van der Waals surface area contributed by atoms with Gasteiger partial charge in [0.25, 0.3) is 0 Å². The molecule has 2 aromatic heterocycles. The first-order chi connectivity index (χ1) is 12.9. The Labute approximate surface area is 163 Å². The maximum absolute atomic E-state index is 12.7. The van der Waals surface area contributed by atoms with Crippen LogP contribution in [-0.2, 0) is 10.0 Å². The van der Waals surface area contributed by atoms with Crippen molar-refractivity contribution in [2.45, 2.75) is 43.8 Å². The number of piperidine rings is 1. The fourth-order valence-corrected chi connectivity index (χ4v) is 4.12. The van der Waals surface area contributed by atoms with Gasteiger partial charge in [0.2, 0.25) is 5.95 Å². The normalized spacial score (nSPS) is 22.1. The van der Waals surface area contributed by atoms with E-state index in [0.29, 0.717) is 11.3 Å². The van der Waals surface area contributed by atoms with Crippen molar-refractivity contribution >= 4 is 33.1 Å². The number of hydrogen-bond donors (Lipinski definition) is 2. The lowest BCUT2D eigenvalue weighted by Crippen LogP contribution is -2.54. The predicted octanol–water partition coefficient (Wildman–Crippen LogP) is 1.60. The third-order valence-electron chi connectivity index (χ3n) is 4.38. The van der Waals surface area contributed by atoms with Crippen LogP contribution in [-0.4, -0.2) is 68.2 Å². The zero-order valence-electron chi connectivity index (χ0n) is 14.9. The first kappa shape index (κ1) is 21.0. The largest absolute Gasteiger partial charge is 0.511 e. The molecule has 0 amide bonds. The van der Waals surface area contributed by atoms with E-state index >= 15 is 0 Å². The van der Waals surface area contributed by atoms with Gasteiger partial charge in [0.15, 0.2) is 5.15 Å². The number of nitrogens with zero attached hydrogens (tertiary/aromatic N) is 5. The Morgan fingerprint density at radius 1 is 1.39 bits per heavy atom. The lowest BCUT2D eigenvalue weighted by atomic mass is 10.0. The van der Waals surface area contributed by atoms with E-state index in [9.17, 15) is 26.7 Å². The minimum absolute atomic E-state index is 0.0177. The molecule has 1 fully saturated rings. The van der Waals surface area contributed by atoms with Gasteiger partial charge in [-0.1, -0.05) is 25.4 Å². The highest BCUT2D eigenvalue weighted by molar-refractivity contribution is 7.90. The molecule has 3 heterocycles. The zero-order valence-corrected chi connectivity index (χ0v) is 16.4. The summed E-state index contributed by atoms with van der Waals surface area (Å²) in [5, 5.41) is 17.5. The minimum Gasteiger partial charge on any atom is -0.390 e. The molecule has 9 nitrogen and oxygen atoms in total. The van der Waals surface area contributed by atoms with Crippen LogP contribution in [0, 0.1) is 0 Å². The molecule has 2 atom stereocenters. The van der Waals surface area contributed by atoms with Gasteiger partial charge in [0, 0.05) is 19.0 Å². The summed E-state index contributed by atoms with van der Waals surface area (Å²) >= 11 is 6.06. The number of β-amino-alcohol motifs (C(OH)–C–C–N with tert-alkyl or cyclic N) is 1. The van der Waals surface area contributed by atoms with Crippen LogP contribution in [0.3, 0.4) is 0 Å². The summed E-state index contributed by atoms with van der Waals surface area (Å²) in [7, 11) is -5.48. The van der Waals surface area contributed by atoms with E-state index in [4.69, 9.17) is 11.6 Å². The Hall–Kier alpha value is -1.70. The first-order valence-electron chi connectivity index (χ1n) is 8.34. The van der Waals surface area contributed by atoms with Crippen LogP contribution in [0.2, 0.25) is 5.15 Å². The summed E-state index contributed by atoms with van der Waals surface area (Å²) in [6.45, 7) is 2.73. The lowest BCUT2D eigenvalue weighted by molar-refractivity contribution is -0.0510. The Kier molecular flexibility index (Phi) is 5.47. The highest BCUT2D eigenvalue weighted by atomic mass is 35.5. The number of alkyl halides is 3. The van der Waals surface area contributed by atoms with Gasteiger partial charge in [-0.3, -0.25) is 0 Å². The van der Waals surface area contributed by atoms with Crippen molar-refractivity contribution in [3.8, 4) is 0 Å². The summed E-state index contributed by atoms with van der Waals surface area (Å²) in [6, 6.07) is -0.723.